The van der Waals surface area contributed by atoms with Crippen LogP contribution in [0.15, 0.2) is 42.5 Å². The van der Waals surface area contributed by atoms with E-state index in [1.807, 2.05) is 6.07 Å². The van der Waals surface area contributed by atoms with E-state index in [-0.39, 0.29) is 11.3 Å². The standard InChI is InChI=1S/C24H27NO7/c1-13-11-19(15(3)20(12-13)31-16(4)26)23(28)25-21(22(24(29)30)32-17(5)27)14(2)18-9-7-6-8-10-18/h6-12,14,21-22H,1-5H3,(H,25,28)(H,29,30)/t14-,21?,22?/m1/s1. The van der Waals surface area contributed by atoms with Crippen molar-refractivity contribution in [2.24, 2.45) is 0 Å². The van der Waals surface area contributed by atoms with Crippen LogP contribution >= 0.6 is 0 Å². The summed E-state index contributed by atoms with van der Waals surface area (Å²) in [5.74, 6) is -3.52. The van der Waals surface area contributed by atoms with E-state index in [4.69, 9.17) is 9.47 Å². The predicted molar refractivity (Wildman–Crippen MR) is 117 cm³/mol. The van der Waals surface area contributed by atoms with Crippen molar-refractivity contribution in [3.05, 3.63) is 64.7 Å². The number of carboxylic acids is 1. The van der Waals surface area contributed by atoms with Crippen molar-refractivity contribution < 1.29 is 33.8 Å². The molecule has 2 aromatic carbocycles. The summed E-state index contributed by atoms with van der Waals surface area (Å²) in [4.78, 5) is 48.2. The smallest absolute Gasteiger partial charge is 0.347 e. The minimum Gasteiger partial charge on any atom is -0.478 e. The molecule has 8 heteroatoms. The van der Waals surface area contributed by atoms with Crippen LogP contribution in [0.3, 0.4) is 0 Å². The number of rotatable bonds is 8. The summed E-state index contributed by atoms with van der Waals surface area (Å²) in [6.07, 6.45) is -1.61. The second kappa shape index (κ2) is 10.6. The predicted octanol–water partition coefficient (Wildman–Crippen LogP) is 3.15. The minimum absolute atomic E-state index is 0.221. The summed E-state index contributed by atoms with van der Waals surface area (Å²) in [7, 11) is 0. The van der Waals surface area contributed by atoms with Gasteiger partial charge in [0, 0.05) is 30.9 Å². The highest BCUT2D eigenvalue weighted by molar-refractivity contribution is 5.97. The lowest BCUT2D eigenvalue weighted by Gasteiger charge is -2.30. The molecule has 0 aliphatic heterocycles. The first-order valence-electron chi connectivity index (χ1n) is 10.1. The van der Waals surface area contributed by atoms with E-state index in [9.17, 15) is 24.3 Å². The van der Waals surface area contributed by atoms with Gasteiger partial charge in [-0.3, -0.25) is 14.4 Å². The fourth-order valence-electron chi connectivity index (χ4n) is 3.43. The Morgan fingerprint density at radius 1 is 0.969 bits per heavy atom. The molecule has 2 unspecified atom stereocenters. The third kappa shape index (κ3) is 6.16. The highest BCUT2D eigenvalue weighted by atomic mass is 16.6. The molecule has 0 radical (unpaired) electrons. The van der Waals surface area contributed by atoms with E-state index >= 15 is 0 Å². The van der Waals surface area contributed by atoms with Crippen molar-refractivity contribution in [2.75, 3.05) is 0 Å². The molecule has 0 fully saturated rings. The van der Waals surface area contributed by atoms with Crippen LogP contribution in [-0.2, 0) is 19.1 Å². The third-order valence-electron chi connectivity index (χ3n) is 5.03. The highest BCUT2D eigenvalue weighted by Crippen LogP contribution is 2.27. The number of benzene rings is 2. The lowest BCUT2D eigenvalue weighted by Crippen LogP contribution is -2.51. The van der Waals surface area contributed by atoms with Gasteiger partial charge in [0.2, 0.25) is 6.10 Å². The molecular weight excluding hydrogens is 414 g/mol. The minimum atomic E-state index is -1.61. The number of hydrogen-bond acceptors (Lipinski definition) is 6. The van der Waals surface area contributed by atoms with Crippen molar-refractivity contribution in [2.45, 2.75) is 52.7 Å². The second-order valence-corrected chi connectivity index (χ2v) is 7.60. The molecule has 32 heavy (non-hydrogen) atoms. The lowest BCUT2D eigenvalue weighted by molar-refractivity contribution is -0.164. The zero-order chi connectivity index (χ0) is 24.0. The number of ether oxygens (including phenoxy) is 2. The van der Waals surface area contributed by atoms with Gasteiger partial charge in [0.25, 0.3) is 5.91 Å². The van der Waals surface area contributed by atoms with Crippen molar-refractivity contribution in [1.82, 2.24) is 5.32 Å². The second-order valence-electron chi connectivity index (χ2n) is 7.60. The summed E-state index contributed by atoms with van der Waals surface area (Å²) in [5.41, 5.74) is 2.09. The monoisotopic (exact) mass is 441 g/mol. The largest absolute Gasteiger partial charge is 0.478 e. The van der Waals surface area contributed by atoms with Gasteiger partial charge in [-0.1, -0.05) is 37.3 Å². The summed E-state index contributed by atoms with van der Waals surface area (Å²) < 4.78 is 10.3. The van der Waals surface area contributed by atoms with Crippen LogP contribution in [0, 0.1) is 13.8 Å². The van der Waals surface area contributed by atoms with Gasteiger partial charge >= 0.3 is 17.9 Å². The van der Waals surface area contributed by atoms with Crippen molar-refractivity contribution in [1.29, 1.82) is 0 Å². The van der Waals surface area contributed by atoms with Crippen molar-refractivity contribution >= 4 is 23.8 Å². The maximum Gasteiger partial charge on any atom is 0.347 e. The van der Waals surface area contributed by atoms with E-state index in [0.717, 1.165) is 12.5 Å². The fourth-order valence-corrected chi connectivity index (χ4v) is 3.43. The van der Waals surface area contributed by atoms with Gasteiger partial charge in [0.05, 0.1) is 6.04 Å². The van der Waals surface area contributed by atoms with E-state index in [0.29, 0.717) is 11.1 Å². The molecule has 0 aliphatic carbocycles. The molecule has 0 aliphatic rings. The number of carbonyl (C=O) groups excluding carboxylic acids is 3. The zero-order valence-corrected chi connectivity index (χ0v) is 18.7. The number of carbonyl (C=O) groups is 4. The highest BCUT2D eigenvalue weighted by Gasteiger charge is 2.37. The third-order valence-corrected chi connectivity index (χ3v) is 5.03. The van der Waals surface area contributed by atoms with Crippen molar-refractivity contribution in [3.63, 3.8) is 0 Å². The van der Waals surface area contributed by atoms with Crippen LogP contribution < -0.4 is 10.1 Å². The van der Waals surface area contributed by atoms with Crippen molar-refractivity contribution in [3.8, 4) is 5.75 Å². The fraction of sp³-hybridized carbons (Fsp3) is 0.333. The Bertz CT molecular complexity index is 1020. The molecule has 3 atom stereocenters. The number of amides is 1. The molecule has 2 N–H and O–H groups in total. The summed E-state index contributed by atoms with van der Waals surface area (Å²) in [6.45, 7) is 7.48. The molecule has 0 saturated heterocycles. The molecule has 0 heterocycles. The molecule has 0 spiro atoms. The van der Waals surface area contributed by atoms with Gasteiger partial charge in [-0.15, -0.1) is 0 Å². The van der Waals surface area contributed by atoms with E-state index in [1.54, 1.807) is 57.2 Å². The average Bonchev–Trinajstić information content (AvgIpc) is 2.72. The molecule has 0 aromatic heterocycles. The van der Waals surface area contributed by atoms with Crippen LogP contribution in [0.1, 0.15) is 53.7 Å². The van der Waals surface area contributed by atoms with Crippen LogP contribution in [0.4, 0.5) is 0 Å². The van der Waals surface area contributed by atoms with Gasteiger partial charge in [0.15, 0.2) is 0 Å². The summed E-state index contributed by atoms with van der Waals surface area (Å²) >= 11 is 0. The zero-order valence-electron chi connectivity index (χ0n) is 18.7. The quantitative estimate of drug-likeness (QED) is 0.477. The molecule has 1 amide bonds. The van der Waals surface area contributed by atoms with E-state index < -0.39 is 41.9 Å². The van der Waals surface area contributed by atoms with E-state index in [1.165, 1.54) is 6.92 Å². The Hall–Kier alpha value is -3.68. The Morgan fingerprint density at radius 3 is 2.12 bits per heavy atom. The molecule has 2 aromatic rings. The van der Waals surface area contributed by atoms with Crippen LogP contribution in [0.2, 0.25) is 0 Å². The lowest BCUT2D eigenvalue weighted by atomic mass is 9.89. The van der Waals surface area contributed by atoms with Gasteiger partial charge < -0.3 is 19.9 Å². The Balaban J connectivity index is 2.48. The first-order valence-corrected chi connectivity index (χ1v) is 10.1. The Morgan fingerprint density at radius 2 is 1.59 bits per heavy atom. The van der Waals surface area contributed by atoms with Gasteiger partial charge in [-0.05, 0) is 37.1 Å². The van der Waals surface area contributed by atoms with Crippen LogP contribution in [0.5, 0.6) is 5.75 Å². The van der Waals surface area contributed by atoms with Gasteiger partial charge in [0.1, 0.15) is 5.75 Å². The van der Waals surface area contributed by atoms with Gasteiger partial charge in [-0.25, -0.2) is 4.79 Å². The average molecular weight is 441 g/mol. The number of hydrogen-bond donors (Lipinski definition) is 2. The molecule has 8 nitrogen and oxygen atoms in total. The molecule has 2 rings (SSSR count). The number of esters is 2. The summed E-state index contributed by atoms with van der Waals surface area (Å²) in [6, 6.07) is 11.2. The Kier molecular flexibility index (Phi) is 8.12. The number of aryl methyl sites for hydroxylation is 1. The maximum absolute atomic E-state index is 13.2. The summed E-state index contributed by atoms with van der Waals surface area (Å²) in [5, 5.41) is 12.5. The molecular formula is C24H27NO7. The van der Waals surface area contributed by atoms with Gasteiger partial charge in [-0.2, -0.15) is 0 Å². The van der Waals surface area contributed by atoms with Crippen LogP contribution in [-0.4, -0.2) is 41.1 Å². The number of nitrogens with one attached hydrogen (secondary N) is 1. The number of aliphatic carboxylic acids is 1. The van der Waals surface area contributed by atoms with E-state index in [2.05, 4.69) is 5.32 Å². The first kappa shape index (κ1) is 24.6. The first-order chi connectivity index (χ1) is 15.0. The maximum atomic E-state index is 13.2. The Labute approximate surface area is 186 Å². The normalized spacial score (nSPS) is 13.4. The SMILES string of the molecule is CC(=O)Oc1cc(C)cc(C(=O)NC(C(OC(C)=O)C(=O)O)[C@H](C)c2ccccc2)c1C. The number of carboxylic acid groups (broad SMARTS) is 1. The molecule has 0 bridgehead atoms. The molecule has 0 saturated carbocycles. The molecule has 170 valence electrons. The van der Waals surface area contributed by atoms with Crippen LogP contribution in [0.25, 0.3) is 0 Å². The topological polar surface area (TPSA) is 119 Å².